The quantitative estimate of drug-likeness (QED) is 0.149. The van der Waals surface area contributed by atoms with E-state index in [1.165, 1.54) is 16.7 Å². The third-order valence-corrected chi connectivity index (χ3v) is 9.69. The number of para-hydroxylation sites is 3. The van der Waals surface area contributed by atoms with Gasteiger partial charge in [0.1, 0.15) is 11.6 Å². The van der Waals surface area contributed by atoms with Gasteiger partial charge in [0, 0.05) is 61.8 Å². The second-order valence-corrected chi connectivity index (χ2v) is 14.9. The number of nitrogens with zero attached hydrogens (tertiary/aromatic N) is 5. The molecule has 7 heteroatoms. The number of aromatic nitrogens is 3. The molecule has 7 aromatic rings. The summed E-state index contributed by atoms with van der Waals surface area (Å²) in [7, 11) is 0. The van der Waals surface area contributed by atoms with Crippen LogP contribution in [0.25, 0.3) is 27.6 Å². The molecule has 4 aromatic carbocycles. The molecule has 1 aliphatic heterocycles. The summed E-state index contributed by atoms with van der Waals surface area (Å²) in [5.41, 5.74) is 8.66. The molecule has 266 valence electrons. The van der Waals surface area contributed by atoms with Gasteiger partial charge in [-0.15, -0.1) is 48.1 Å². The van der Waals surface area contributed by atoms with Crippen molar-refractivity contribution in [2.45, 2.75) is 65.7 Å². The van der Waals surface area contributed by atoms with Crippen molar-refractivity contribution in [1.82, 2.24) is 14.5 Å². The van der Waals surface area contributed by atoms with Gasteiger partial charge in [0.25, 0.3) is 0 Å². The van der Waals surface area contributed by atoms with Crippen LogP contribution in [0.5, 0.6) is 11.5 Å². The Bertz CT molecular complexity index is 2410. The van der Waals surface area contributed by atoms with Crippen LogP contribution in [-0.4, -0.2) is 14.5 Å². The molecule has 0 saturated carbocycles. The van der Waals surface area contributed by atoms with Crippen LogP contribution in [0.15, 0.2) is 109 Å². The number of anilines is 4. The van der Waals surface area contributed by atoms with Crippen molar-refractivity contribution < 1.29 is 25.8 Å². The topological polar surface area (TPSA) is 46.4 Å². The van der Waals surface area contributed by atoms with Gasteiger partial charge in [0.15, 0.2) is 0 Å². The molecule has 0 unspecified atom stereocenters. The molecule has 0 radical (unpaired) electrons. The maximum absolute atomic E-state index is 6.53. The zero-order valence-electron chi connectivity index (χ0n) is 30.6. The first-order valence-corrected chi connectivity index (χ1v) is 17.7. The molecule has 8 rings (SSSR count). The Kier molecular flexibility index (Phi) is 9.48. The van der Waals surface area contributed by atoms with E-state index in [0.717, 1.165) is 50.5 Å². The van der Waals surface area contributed by atoms with Gasteiger partial charge in [-0.25, -0.2) is 9.97 Å². The number of hydrogen-bond acceptors (Lipinski definition) is 5. The minimum Gasteiger partial charge on any atom is -0.509 e. The molecule has 3 aromatic heterocycles. The van der Waals surface area contributed by atoms with Crippen molar-refractivity contribution in [2.75, 3.05) is 9.80 Å². The van der Waals surface area contributed by atoms with Crippen molar-refractivity contribution in [3.8, 4) is 17.3 Å². The van der Waals surface area contributed by atoms with E-state index in [-0.39, 0.29) is 26.5 Å². The van der Waals surface area contributed by atoms with Crippen molar-refractivity contribution >= 4 is 44.7 Å². The van der Waals surface area contributed by atoms with Gasteiger partial charge in [-0.1, -0.05) is 90.4 Å². The van der Waals surface area contributed by atoms with Gasteiger partial charge in [-0.2, -0.15) is 12.1 Å². The average molecular weight is 864 g/mol. The Morgan fingerprint density at radius 1 is 0.712 bits per heavy atom. The first-order chi connectivity index (χ1) is 24.6. The van der Waals surface area contributed by atoms with Crippen LogP contribution in [0, 0.1) is 18.8 Å². The Morgan fingerprint density at radius 2 is 1.44 bits per heavy atom. The van der Waals surface area contributed by atoms with Gasteiger partial charge in [0.2, 0.25) is 0 Å². The van der Waals surface area contributed by atoms with Gasteiger partial charge in [-0.3, -0.25) is 0 Å². The van der Waals surface area contributed by atoms with E-state index in [2.05, 4.69) is 160 Å². The van der Waals surface area contributed by atoms with Crippen LogP contribution in [0.2, 0.25) is 0 Å². The number of benzene rings is 4. The van der Waals surface area contributed by atoms with Gasteiger partial charge >= 0.3 is 0 Å². The smallest absolute Gasteiger partial charge is 0.135 e. The van der Waals surface area contributed by atoms with Gasteiger partial charge in [-0.05, 0) is 69.7 Å². The number of hydrogen-bond donors (Lipinski definition) is 0. The van der Waals surface area contributed by atoms with Crippen LogP contribution in [-0.2, 0) is 26.5 Å². The summed E-state index contributed by atoms with van der Waals surface area (Å²) >= 11 is 0. The molecule has 0 atom stereocenters. The van der Waals surface area contributed by atoms with Crippen LogP contribution in [0.4, 0.5) is 22.9 Å². The van der Waals surface area contributed by atoms with Crippen molar-refractivity contribution in [2.24, 2.45) is 0 Å². The summed E-state index contributed by atoms with van der Waals surface area (Å²) in [6.45, 7) is 17.7. The number of fused-ring (bicyclic) bond motifs is 4. The van der Waals surface area contributed by atoms with E-state index in [1.807, 2.05) is 30.6 Å². The predicted molar refractivity (Wildman–Crippen MR) is 209 cm³/mol. The number of rotatable bonds is 7. The molecule has 0 saturated heterocycles. The van der Waals surface area contributed by atoms with Gasteiger partial charge < -0.3 is 19.1 Å². The van der Waals surface area contributed by atoms with Crippen molar-refractivity contribution in [1.29, 1.82) is 0 Å². The molecule has 4 heterocycles. The Labute approximate surface area is 321 Å². The normalized spacial score (nSPS) is 12.9. The third kappa shape index (κ3) is 6.39. The molecule has 0 N–H and O–H groups in total. The summed E-state index contributed by atoms with van der Waals surface area (Å²) in [5.74, 6) is 3.73. The molecule has 0 amide bonds. The zero-order valence-corrected chi connectivity index (χ0v) is 32.9. The summed E-state index contributed by atoms with van der Waals surface area (Å²) in [6, 6.07) is 40.7. The van der Waals surface area contributed by atoms with E-state index >= 15 is 0 Å². The van der Waals surface area contributed by atoms with Crippen molar-refractivity contribution in [3.05, 3.63) is 145 Å². The minimum atomic E-state index is -0.00871. The molecular formula is C45H42N5OPt-3. The van der Waals surface area contributed by atoms with Crippen molar-refractivity contribution in [3.63, 3.8) is 0 Å². The van der Waals surface area contributed by atoms with Crippen LogP contribution >= 0.6 is 0 Å². The fraction of sp³-hybridized carbons (Fsp3) is 0.222. The summed E-state index contributed by atoms with van der Waals surface area (Å²) in [6.07, 6.45) is 3.90. The number of ether oxygens (including phenoxy) is 1. The first kappa shape index (κ1) is 35.5. The van der Waals surface area contributed by atoms with E-state index in [9.17, 15) is 0 Å². The molecule has 1 aliphatic rings. The van der Waals surface area contributed by atoms with Gasteiger partial charge in [0.05, 0.1) is 0 Å². The van der Waals surface area contributed by atoms with Crippen LogP contribution in [0.1, 0.15) is 77.0 Å². The third-order valence-electron chi connectivity index (χ3n) is 9.69. The second-order valence-electron chi connectivity index (χ2n) is 14.9. The van der Waals surface area contributed by atoms with Crippen LogP contribution in [0.3, 0.4) is 0 Å². The average Bonchev–Trinajstić information content (AvgIpc) is 3.67. The molecule has 6 nitrogen and oxygen atoms in total. The standard InChI is InChI=1S/C45H42N5O.Pt/c1-29(2)31-23-38(30(3)4)44(47-27-31)49-28-48(40-17-10-11-18-41(40)49)33-13-12-14-34(25-33)51-35-19-20-37-36-15-8-9-16-39(36)50(42(37)26-35)43-24-32(21-22-46-43)45(5,6)7;/h8-24,27-30H,1-7H3;/q-3;. The monoisotopic (exact) mass is 863 g/mol. The second kappa shape index (κ2) is 13.9. The Hall–Kier alpha value is -4.93. The molecular weight excluding hydrogens is 822 g/mol. The fourth-order valence-electron chi connectivity index (χ4n) is 6.84. The summed E-state index contributed by atoms with van der Waals surface area (Å²) in [5, 5.41) is 2.24. The Balaban J connectivity index is 0.00000420. The molecule has 0 aliphatic carbocycles. The molecule has 0 fully saturated rings. The summed E-state index contributed by atoms with van der Waals surface area (Å²) < 4.78 is 8.71. The molecule has 52 heavy (non-hydrogen) atoms. The first-order valence-electron chi connectivity index (χ1n) is 17.7. The van der Waals surface area contributed by atoms with E-state index < -0.39 is 0 Å². The van der Waals surface area contributed by atoms with E-state index in [4.69, 9.17) is 14.7 Å². The van der Waals surface area contributed by atoms with E-state index in [1.54, 1.807) is 0 Å². The maximum atomic E-state index is 6.53. The van der Waals surface area contributed by atoms with E-state index in [0.29, 0.717) is 23.3 Å². The zero-order chi connectivity index (χ0) is 35.4. The predicted octanol–water partition coefficient (Wildman–Crippen LogP) is 11.9. The number of pyridine rings is 2. The Morgan fingerprint density at radius 3 is 2.19 bits per heavy atom. The fourth-order valence-corrected chi connectivity index (χ4v) is 6.84. The SMILES string of the molecule is CC(C)c1cnc(N2[CH-]N(c3[c-]c(Oc4[c-]c5c(cc4)c4ccccc4n5-c4cc(C(C)(C)C)ccn4)ccc3)c3ccccc32)c(C(C)C)c1.[Pt]. The minimum absolute atomic E-state index is 0. The summed E-state index contributed by atoms with van der Waals surface area (Å²) in [4.78, 5) is 14.2. The largest absolute Gasteiger partial charge is 0.509 e. The molecule has 0 spiro atoms. The van der Waals surface area contributed by atoms with Crippen LogP contribution < -0.4 is 14.5 Å². The maximum Gasteiger partial charge on any atom is 0.135 e. The molecule has 0 bridgehead atoms.